The molecule has 0 aliphatic carbocycles. The van der Waals surface area contributed by atoms with Crippen molar-refractivity contribution in [3.8, 4) is 0 Å². The largest absolute Gasteiger partial charge is 0.357 e. The number of aromatic nitrogens is 3. The normalized spacial score (nSPS) is 11.5. The van der Waals surface area contributed by atoms with Crippen molar-refractivity contribution in [2.45, 2.75) is 26.3 Å². The van der Waals surface area contributed by atoms with Gasteiger partial charge in [0, 0.05) is 24.7 Å². The maximum absolute atomic E-state index is 12.9. The lowest BCUT2D eigenvalue weighted by Crippen LogP contribution is -2.26. The van der Waals surface area contributed by atoms with E-state index in [4.69, 9.17) is 0 Å². The summed E-state index contributed by atoms with van der Waals surface area (Å²) in [4.78, 5) is 20.2. The van der Waals surface area contributed by atoms with Gasteiger partial charge in [0.05, 0.1) is 5.56 Å². The van der Waals surface area contributed by atoms with Gasteiger partial charge in [-0.05, 0) is 19.9 Å². The molecule has 2 heterocycles. The van der Waals surface area contributed by atoms with Crippen molar-refractivity contribution in [3.63, 3.8) is 0 Å². The van der Waals surface area contributed by atoms with E-state index in [1.54, 1.807) is 20.9 Å². The van der Waals surface area contributed by atoms with Crippen LogP contribution in [-0.4, -0.2) is 21.6 Å². The molecule has 19 heavy (non-hydrogen) atoms. The Labute approximate surface area is 108 Å². The summed E-state index contributed by atoms with van der Waals surface area (Å²) in [6.07, 6.45) is -1.39. The highest BCUT2D eigenvalue weighted by Gasteiger charge is 2.19. The second kappa shape index (κ2) is 4.91. The number of nitrogens with zero attached hydrogens (tertiary/aromatic N) is 3. The first-order chi connectivity index (χ1) is 8.95. The summed E-state index contributed by atoms with van der Waals surface area (Å²) in [5.74, 6) is 0.339. The summed E-state index contributed by atoms with van der Waals surface area (Å²) in [5.41, 5.74) is -0.885. The molecule has 5 nitrogen and oxygen atoms in total. The smallest absolute Gasteiger partial charge is 0.269 e. The number of anilines is 1. The van der Waals surface area contributed by atoms with Crippen molar-refractivity contribution >= 4 is 17.0 Å². The molecular weight excluding hydrogens is 254 g/mol. The molecule has 2 aromatic rings. The fourth-order valence-corrected chi connectivity index (χ4v) is 1.90. The second-order valence-corrected chi connectivity index (χ2v) is 4.39. The van der Waals surface area contributed by atoms with E-state index in [2.05, 4.69) is 15.3 Å². The van der Waals surface area contributed by atoms with Gasteiger partial charge in [-0.1, -0.05) is 0 Å². The van der Waals surface area contributed by atoms with Gasteiger partial charge >= 0.3 is 0 Å². The lowest BCUT2D eigenvalue weighted by Gasteiger charge is -2.15. The molecule has 0 saturated carbocycles. The van der Waals surface area contributed by atoms with Crippen LogP contribution in [0.4, 0.5) is 14.7 Å². The minimum absolute atomic E-state index is 0.270. The molecule has 0 unspecified atom stereocenters. The van der Waals surface area contributed by atoms with E-state index in [1.807, 2.05) is 0 Å². The molecule has 102 valence electrons. The number of halogens is 2. The molecule has 0 aliphatic heterocycles. The molecule has 1 N–H and O–H groups in total. The summed E-state index contributed by atoms with van der Waals surface area (Å²) in [6, 6.07) is 0.883. The van der Waals surface area contributed by atoms with E-state index in [1.165, 1.54) is 10.8 Å². The predicted octanol–water partition coefficient (Wildman–Crippen LogP) is 2.35. The number of pyridine rings is 1. The van der Waals surface area contributed by atoms with Gasteiger partial charge < -0.3 is 5.32 Å². The summed E-state index contributed by atoms with van der Waals surface area (Å²) in [6.45, 7) is 3.49. The van der Waals surface area contributed by atoms with Crippen LogP contribution in [0.5, 0.6) is 0 Å². The van der Waals surface area contributed by atoms with Crippen LogP contribution in [0.2, 0.25) is 0 Å². The zero-order chi connectivity index (χ0) is 14.2. The van der Waals surface area contributed by atoms with Crippen LogP contribution in [-0.2, 0) is 0 Å². The van der Waals surface area contributed by atoms with Crippen LogP contribution in [0.1, 0.15) is 31.9 Å². The van der Waals surface area contributed by atoms with Crippen LogP contribution in [0.3, 0.4) is 0 Å². The predicted molar refractivity (Wildman–Crippen MR) is 68.7 cm³/mol. The van der Waals surface area contributed by atoms with Gasteiger partial charge in [-0.25, -0.2) is 13.8 Å². The van der Waals surface area contributed by atoms with Crippen LogP contribution in [0.15, 0.2) is 17.1 Å². The van der Waals surface area contributed by atoms with E-state index >= 15 is 0 Å². The minimum atomic E-state index is -2.81. The van der Waals surface area contributed by atoms with Gasteiger partial charge in [0.15, 0.2) is 0 Å². The Hall–Kier alpha value is -2.05. The van der Waals surface area contributed by atoms with Gasteiger partial charge in [-0.15, -0.1) is 0 Å². The van der Waals surface area contributed by atoms with E-state index in [9.17, 15) is 13.6 Å². The van der Waals surface area contributed by atoms with Gasteiger partial charge in [0.25, 0.3) is 12.0 Å². The van der Waals surface area contributed by atoms with E-state index in [0.29, 0.717) is 17.0 Å². The monoisotopic (exact) mass is 268 g/mol. The Balaban J connectivity index is 2.88. The molecule has 0 amide bonds. The van der Waals surface area contributed by atoms with Crippen molar-refractivity contribution in [1.29, 1.82) is 0 Å². The van der Waals surface area contributed by atoms with Crippen molar-refractivity contribution in [3.05, 3.63) is 28.2 Å². The van der Waals surface area contributed by atoms with E-state index in [0.717, 1.165) is 6.07 Å². The third kappa shape index (κ3) is 2.27. The second-order valence-electron chi connectivity index (χ2n) is 4.39. The van der Waals surface area contributed by atoms with Gasteiger partial charge in [-0.3, -0.25) is 9.36 Å². The summed E-state index contributed by atoms with van der Waals surface area (Å²) < 4.78 is 27.0. The van der Waals surface area contributed by atoms with Gasteiger partial charge in [-0.2, -0.15) is 4.98 Å². The quantitative estimate of drug-likeness (QED) is 0.928. The minimum Gasteiger partial charge on any atom is -0.357 e. The lowest BCUT2D eigenvalue weighted by atomic mass is 10.2. The fraction of sp³-hybridized carbons (Fsp3) is 0.417. The van der Waals surface area contributed by atoms with Gasteiger partial charge in [0.1, 0.15) is 5.65 Å². The number of nitrogens with one attached hydrogen (secondary N) is 1. The van der Waals surface area contributed by atoms with Crippen LogP contribution >= 0.6 is 0 Å². The highest BCUT2D eigenvalue weighted by atomic mass is 19.3. The number of hydrogen-bond donors (Lipinski definition) is 1. The molecule has 0 aromatic carbocycles. The zero-order valence-electron chi connectivity index (χ0n) is 10.8. The number of alkyl halides is 2. The Bertz CT molecular complexity index is 667. The molecular formula is C12H14F2N4O. The fourth-order valence-electron chi connectivity index (χ4n) is 1.90. The standard InChI is InChI=1S/C12H14F2N4O/c1-6(2)18-10-7(5-16-12(15-3)17-10)4-8(9(13)14)11(18)19/h4-6,9H,1-3H3,(H,15,16,17). The number of hydrogen-bond acceptors (Lipinski definition) is 4. The highest BCUT2D eigenvalue weighted by molar-refractivity contribution is 5.76. The van der Waals surface area contributed by atoms with Crippen molar-refractivity contribution < 1.29 is 8.78 Å². The Morgan fingerprint density at radius 2 is 2.05 bits per heavy atom. The first-order valence-electron chi connectivity index (χ1n) is 5.83. The topological polar surface area (TPSA) is 59.8 Å². The third-order valence-electron chi connectivity index (χ3n) is 2.78. The first kappa shape index (κ1) is 13.4. The molecule has 7 heteroatoms. The van der Waals surface area contributed by atoms with Crippen molar-refractivity contribution in [1.82, 2.24) is 14.5 Å². The third-order valence-corrected chi connectivity index (χ3v) is 2.78. The zero-order valence-corrected chi connectivity index (χ0v) is 10.8. The van der Waals surface area contributed by atoms with E-state index < -0.39 is 17.5 Å². The van der Waals surface area contributed by atoms with Gasteiger partial charge in [0.2, 0.25) is 5.95 Å². The van der Waals surface area contributed by atoms with Crippen LogP contribution < -0.4 is 10.9 Å². The Morgan fingerprint density at radius 3 is 2.58 bits per heavy atom. The average Bonchev–Trinajstić information content (AvgIpc) is 2.36. The first-order valence-corrected chi connectivity index (χ1v) is 5.83. The molecule has 0 saturated heterocycles. The maximum atomic E-state index is 12.9. The Kier molecular flexibility index (Phi) is 3.46. The SMILES string of the molecule is CNc1ncc2cc(C(F)F)c(=O)n(C(C)C)c2n1. The molecule has 2 rings (SSSR count). The number of rotatable bonds is 3. The molecule has 2 aromatic heterocycles. The van der Waals surface area contributed by atoms with Crippen molar-refractivity contribution in [2.75, 3.05) is 12.4 Å². The molecule has 0 fully saturated rings. The average molecular weight is 268 g/mol. The van der Waals surface area contributed by atoms with Crippen molar-refractivity contribution in [2.24, 2.45) is 0 Å². The Morgan fingerprint density at radius 1 is 1.37 bits per heavy atom. The molecule has 0 bridgehead atoms. The maximum Gasteiger partial charge on any atom is 0.269 e. The van der Waals surface area contributed by atoms with Crippen LogP contribution in [0, 0.1) is 0 Å². The summed E-state index contributed by atoms with van der Waals surface area (Å²) in [5, 5.41) is 3.18. The molecule has 0 radical (unpaired) electrons. The summed E-state index contributed by atoms with van der Waals surface area (Å²) >= 11 is 0. The lowest BCUT2D eigenvalue weighted by molar-refractivity contribution is 0.149. The molecule has 0 aliphatic rings. The number of fused-ring (bicyclic) bond motifs is 1. The van der Waals surface area contributed by atoms with E-state index in [-0.39, 0.29) is 6.04 Å². The van der Waals surface area contributed by atoms with Crippen LogP contribution in [0.25, 0.3) is 11.0 Å². The highest BCUT2D eigenvalue weighted by Crippen LogP contribution is 2.21. The summed E-state index contributed by atoms with van der Waals surface area (Å²) in [7, 11) is 1.65. The molecule has 0 spiro atoms. The molecule has 0 atom stereocenters.